The number of aryl methyl sites for hydroxylation is 2. The first kappa shape index (κ1) is 32.6. The topological polar surface area (TPSA) is 127 Å². The van der Waals surface area contributed by atoms with Gasteiger partial charge in [-0.1, -0.05) is 30.1 Å². The Morgan fingerprint density at radius 2 is 1.67 bits per heavy atom. The molecule has 1 aliphatic rings. The predicted molar refractivity (Wildman–Crippen MR) is 154 cm³/mol. The number of thiophene rings is 1. The van der Waals surface area contributed by atoms with Crippen LogP contribution in [-0.4, -0.2) is 74.0 Å². The van der Waals surface area contributed by atoms with Crippen LogP contribution < -0.4 is 0 Å². The van der Waals surface area contributed by atoms with Gasteiger partial charge >= 0.3 is 5.97 Å². The number of aliphatic hydroxyl groups is 5. The van der Waals surface area contributed by atoms with E-state index < -0.39 is 43.1 Å². The van der Waals surface area contributed by atoms with E-state index in [1.165, 1.54) is 11.3 Å². The van der Waals surface area contributed by atoms with Crippen LogP contribution in [0.15, 0.2) is 30.3 Å². The second kappa shape index (κ2) is 15.3. The van der Waals surface area contributed by atoms with Crippen LogP contribution in [0.2, 0.25) is 10.0 Å². The van der Waals surface area contributed by atoms with Gasteiger partial charge in [0.2, 0.25) is 0 Å². The minimum atomic E-state index is -1.64. The van der Waals surface area contributed by atoms with E-state index >= 15 is 0 Å². The van der Waals surface area contributed by atoms with E-state index in [9.17, 15) is 30.3 Å². The van der Waals surface area contributed by atoms with Gasteiger partial charge in [-0.15, -0.1) is 22.9 Å². The predicted octanol–water partition coefficient (Wildman–Crippen LogP) is 4.63. The molecule has 0 aliphatic heterocycles. The van der Waals surface area contributed by atoms with E-state index in [1.807, 2.05) is 18.2 Å². The number of hydrogen-bond donors (Lipinski definition) is 5. The van der Waals surface area contributed by atoms with Crippen LogP contribution in [-0.2, 0) is 17.6 Å². The van der Waals surface area contributed by atoms with Crippen LogP contribution in [0, 0.1) is 11.8 Å². The molecule has 39 heavy (non-hydrogen) atoms. The van der Waals surface area contributed by atoms with E-state index in [0.29, 0.717) is 21.3 Å². The molecule has 1 aromatic heterocycles. The summed E-state index contributed by atoms with van der Waals surface area (Å²) in [5.74, 6) is -0.378. The maximum absolute atomic E-state index is 12.4. The Kier molecular flexibility index (Phi) is 12.8. The third-order valence-electron chi connectivity index (χ3n) is 7.43. The van der Waals surface area contributed by atoms with Gasteiger partial charge in [0.05, 0.1) is 12.2 Å². The Bertz CT molecular complexity index is 1050. The molecule has 0 unspecified atom stereocenters. The van der Waals surface area contributed by atoms with Crippen LogP contribution >= 0.6 is 46.1 Å². The van der Waals surface area contributed by atoms with Gasteiger partial charge in [0, 0.05) is 20.3 Å². The monoisotopic (exact) mass is 622 g/mol. The molecule has 8 atom stereocenters. The summed E-state index contributed by atoms with van der Waals surface area (Å²) in [5, 5.41) is 51.1. The molecule has 11 heteroatoms. The molecule has 0 saturated heterocycles. The lowest BCUT2D eigenvalue weighted by Gasteiger charge is -2.25. The van der Waals surface area contributed by atoms with Crippen molar-refractivity contribution in [3.8, 4) is 0 Å². The third-order valence-corrected chi connectivity index (χ3v) is 9.49. The van der Waals surface area contributed by atoms with Crippen molar-refractivity contribution in [1.82, 2.24) is 0 Å². The molecular weight excluding hydrogens is 587 g/mol. The Balaban J connectivity index is 1.46. The highest BCUT2D eigenvalue weighted by Gasteiger charge is 2.40. The summed E-state index contributed by atoms with van der Waals surface area (Å²) in [6, 6.07) is 9.00. The van der Waals surface area contributed by atoms with Crippen molar-refractivity contribution < 1.29 is 35.1 Å². The molecule has 0 amide bonds. The second-order valence-electron chi connectivity index (χ2n) is 10.2. The Labute approximate surface area is 248 Å². The average molecular weight is 624 g/mol. The van der Waals surface area contributed by atoms with Crippen LogP contribution in [0.5, 0.6) is 0 Å². The molecule has 1 aliphatic carbocycles. The van der Waals surface area contributed by atoms with Crippen molar-refractivity contribution in [3.63, 3.8) is 0 Å². The molecule has 1 heterocycles. The van der Waals surface area contributed by atoms with E-state index in [0.717, 1.165) is 42.5 Å². The first-order chi connectivity index (χ1) is 18.5. The zero-order valence-corrected chi connectivity index (χ0v) is 24.8. The molecule has 5 N–H and O–H groups in total. The van der Waals surface area contributed by atoms with E-state index in [2.05, 4.69) is 0 Å². The summed E-state index contributed by atoms with van der Waals surface area (Å²) in [4.78, 5) is 13.8. The second-order valence-corrected chi connectivity index (χ2v) is 12.8. The van der Waals surface area contributed by atoms with Crippen molar-refractivity contribution in [3.05, 3.63) is 55.7 Å². The zero-order chi connectivity index (χ0) is 28.7. The smallest absolute Gasteiger partial charge is 0.348 e. The highest BCUT2D eigenvalue weighted by atomic mass is 35.5. The highest BCUT2D eigenvalue weighted by Crippen LogP contribution is 2.42. The lowest BCUT2D eigenvalue weighted by atomic mass is 9.85. The quantitative estimate of drug-likeness (QED) is 0.153. The molecule has 0 spiro atoms. The maximum atomic E-state index is 12.4. The molecule has 3 rings (SSSR count). The molecule has 1 fully saturated rings. The van der Waals surface area contributed by atoms with Crippen molar-refractivity contribution in [2.45, 2.75) is 87.8 Å². The van der Waals surface area contributed by atoms with E-state index in [-0.39, 0.29) is 23.6 Å². The fraction of sp³-hybridized carbons (Fsp3) is 0.607. The third kappa shape index (κ3) is 9.28. The summed E-state index contributed by atoms with van der Waals surface area (Å²) in [6.45, 7) is 1.12. The fourth-order valence-electron chi connectivity index (χ4n) is 5.19. The molecule has 1 aromatic carbocycles. The molecule has 0 radical (unpaired) electrons. The summed E-state index contributed by atoms with van der Waals surface area (Å²) in [7, 11) is 0. The van der Waals surface area contributed by atoms with Gasteiger partial charge in [0.25, 0.3) is 0 Å². The van der Waals surface area contributed by atoms with E-state index in [4.69, 9.17) is 39.5 Å². The van der Waals surface area contributed by atoms with Gasteiger partial charge in [0.1, 0.15) is 29.8 Å². The van der Waals surface area contributed by atoms with Crippen LogP contribution in [0.25, 0.3) is 0 Å². The number of carbonyl (C=O) groups is 1. The Morgan fingerprint density at radius 3 is 2.33 bits per heavy atom. The Hall–Kier alpha value is -0.940. The molecule has 218 valence electrons. The number of ether oxygens (including phenoxy) is 1. The molecule has 1 saturated carbocycles. The SMILES string of the molecule is CC[C@@H](O)[C@H](O)[C@@H](O)[C@@H](O)COC(=O)c1ccc(CCC[C@@H]2[C@@H](CCc3cc(Cl)cc(Cl)c3)[C@H](O)C[C@H]2Cl)s1. The average Bonchev–Trinajstić information content (AvgIpc) is 3.47. The van der Waals surface area contributed by atoms with Gasteiger partial charge in [-0.25, -0.2) is 4.79 Å². The highest BCUT2D eigenvalue weighted by molar-refractivity contribution is 7.13. The number of rotatable bonds is 14. The minimum absolute atomic E-state index is 0.0814. The summed E-state index contributed by atoms with van der Waals surface area (Å²) in [6.07, 6.45) is -1.60. The zero-order valence-electron chi connectivity index (χ0n) is 21.8. The first-order valence-corrected chi connectivity index (χ1v) is 15.3. The molecule has 7 nitrogen and oxygen atoms in total. The van der Waals surface area contributed by atoms with E-state index in [1.54, 1.807) is 19.1 Å². The maximum Gasteiger partial charge on any atom is 0.348 e. The number of carbonyl (C=O) groups excluding carboxylic acids is 1. The number of halogens is 3. The molecule has 2 aromatic rings. The van der Waals surface area contributed by atoms with Crippen LogP contribution in [0.3, 0.4) is 0 Å². The fourth-order valence-corrected chi connectivity index (χ4v) is 7.20. The standard InChI is InChI=1S/C28H37Cl3O7S/c1-2-22(32)26(35)27(36)24(34)14-38-28(37)25-9-7-18(39-25)4-3-5-19-20(23(33)13-21(19)31)8-6-15-10-16(29)12-17(30)11-15/h7,9-12,19-24,26-27,32-36H,2-6,8,13-14H2,1H3/t19-,20-,21-,22-,23-,24+,26+,27+/m1/s1. The number of alkyl halides is 1. The number of benzene rings is 1. The van der Waals surface area contributed by atoms with Crippen LogP contribution in [0.4, 0.5) is 0 Å². The van der Waals surface area contributed by atoms with Gasteiger partial charge in [-0.2, -0.15) is 0 Å². The Morgan fingerprint density at radius 1 is 1.00 bits per heavy atom. The lowest BCUT2D eigenvalue weighted by molar-refractivity contribution is -0.116. The normalized spacial score (nSPS) is 24.3. The van der Waals surface area contributed by atoms with Crippen LogP contribution in [0.1, 0.15) is 59.1 Å². The first-order valence-electron chi connectivity index (χ1n) is 13.2. The summed E-state index contributed by atoms with van der Waals surface area (Å²) >= 11 is 20.2. The number of aliphatic hydroxyl groups excluding tert-OH is 5. The minimum Gasteiger partial charge on any atom is -0.459 e. The largest absolute Gasteiger partial charge is 0.459 e. The van der Waals surface area contributed by atoms with Crippen molar-refractivity contribution in [2.75, 3.05) is 6.61 Å². The van der Waals surface area contributed by atoms with Crippen molar-refractivity contribution in [1.29, 1.82) is 0 Å². The van der Waals surface area contributed by atoms with Gasteiger partial charge in [0.15, 0.2) is 0 Å². The number of esters is 1. The molecular formula is C28H37Cl3O7S. The van der Waals surface area contributed by atoms with Crippen molar-refractivity contribution in [2.24, 2.45) is 11.8 Å². The summed E-state index contributed by atoms with van der Waals surface area (Å²) < 4.78 is 5.10. The molecule has 0 bridgehead atoms. The van der Waals surface area contributed by atoms with Gasteiger partial charge < -0.3 is 30.3 Å². The summed E-state index contributed by atoms with van der Waals surface area (Å²) in [5.41, 5.74) is 1.03. The van der Waals surface area contributed by atoms with Gasteiger partial charge in [-0.3, -0.25) is 0 Å². The van der Waals surface area contributed by atoms with Crippen molar-refractivity contribution >= 4 is 52.1 Å². The van der Waals surface area contributed by atoms with Gasteiger partial charge in [-0.05, 0) is 92.7 Å². The lowest BCUT2D eigenvalue weighted by Crippen LogP contribution is -2.46. The number of hydrogen-bond acceptors (Lipinski definition) is 8.